The summed E-state index contributed by atoms with van der Waals surface area (Å²) in [5, 5.41) is 0.270. The maximum absolute atomic E-state index is 12.1. The van der Waals surface area contributed by atoms with Crippen LogP contribution < -0.4 is 10.5 Å². The number of anilines is 2. The average molecular weight is 292 g/mol. The van der Waals surface area contributed by atoms with Crippen molar-refractivity contribution in [1.29, 1.82) is 0 Å². The number of hydrogen-bond donors (Lipinski definition) is 2. The number of benzene rings is 1. The van der Waals surface area contributed by atoms with Gasteiger partial charge >= 0.3 is 10.2 Å². The Kier molecular flexibility index (Phi) is 3.96. The number of nitrogen functional groups attached to an aromatic ring is 1. The number of morpholine rings is 1. The highest BCUT2D eigenvalue weighted by Gasteiger charge is 2.25. The van der Waals surface area contributed by atoms with Crippen molar-refractivity contribution in [2.75, 3.05) is 36.8 Å². The summed E-state index contributed by atoms with van der Waals surface area (Å²) in [6.07, 6.45) is 0. The van der Waals surface area contributed by atoms with E-state index in [4.69, 9.17) is 22.1 Å². The minimum Gasteiger partial charge on any atom is -0.397 e. The molecule has 0 aliphatic carbocycles. The van der Waals surface area contributed by atoms with Crippen LogP contribution in [-0.4, -0.2) is 39.0 Å². The van der Waals surface area contributed by atoms with E-state index in [-0.39, 0.29) is 10.7 Å². The Hall–Kier alpha value is -1.02. The van der Waals surface area contributed by atoms with Crippen molar-refractivity contribution < 1.29 is 13.2 Å². The van der Waals surface area contributed by atoms with Crippen LogP contribution in [0.25, 0.3) is 0 Å². The Morgan fingerprint density at radius 1 is 1.33 bits per heavy atom. The molecule has 0 amide bonds. The van der Waals surface area contributed by atoms with Gasteiger partial charge in [0.05, 0.1) is 29.6 Å². The van der Waals surface area contributed by atoms with Gasteiger partial charge in [-0.15, -0.1) is 0 Å². The third kappa shape index (κ3) is 2.86. The predicted molar refractivity (Wildman–Crippen MR) is 70.8 cm³/mol. The van der Waals surface area contributed by atoms with Crippen molar-refractivity contribution in [1.82, 2.24) is 4.31 Å². The SMILES string of the molecule is Nc1cccc(Cl)c1NS(=O)(=O)N1CCOCC1. The van der Waals surface area contributed by atoms with E-state index in [0.29, 0.717) is 32.0 Å². The summed E-state index contributed by atoms with van der Waals surface area (Å²) < 4.78 is 33.0. The number of rotatable bonds is 3. The lowest BCUT2D eigenvalue weighted by Gasteiger charge is -2.26. The molecule has 1 heterocycles. The standard InChI is InChI=1S/C10H14ClN3O3S/c11-8-2-1-3-9(12)10(8)13-18(15,16)14-4-6-17-7-5-14/h1-3,13H,4-7,12H2. The molecule has 0 bridgehead atoms. The van der Waals surface area contributed by atoms with Crippen LogP contribution in [0.2, 0.25) is 5.02 Å². The largest absolute Gasteiger partial charge is 0.397 e. The Morgan fingerprint density at radius 3 is 2.61 bits per heavy atom. The maximum Gasteiger partial charge on any atom is 0.301 e. The van der Waals surface area contributed by atoms with Crippen LogP contribution in [0.5, 0.6) is 0 Å². The van der Waals surface area contributed by atoms with Crippen LogP contribution in [0.1, 0.15) is 0 Å². The fourth-order valence-corrected chi connectivity index (χ4v) is 3.16. The molecule has 0 spiro atoms. The number of halogens is 1. The topological polar surface area (TPSA) is 84.7 Å². The molecule has 2 rings (SSSR count). The first-order valence-corrected chi connectivity index (χ1v) is 7.22. The highest BCUT2D eigenvalue weighted by atomic mass is 35.5. The highest BCUT2D eigenvalue weighted by Crippen LogP contribution is 2.29. The molecule has 1 aliphatic heterocycles. The second kappa shape index (κ2) is 5.31. The number of nitrogens with zero attached hydrogens (tertiary/aromatic N) is 1. The summed E-state index contributed by atoms with van der Waals surface area (Å²) in [6, 6.07) is 4.82. The Balaban J connectivity index is 2.22. The van der Waals surface area contributed by atoms with Crippen molar-refractivity contribution in [2.45, 2.75) is 0 Å². The monoisotopic (exact) mass is 291 g/mol. The normalized spacial score (nSPS) is 17.6. The predicted octanol–water partition coefficient (Wildman–Crippen LogP) is 0.911. The summed E-state index contributed by atoms with van der Waals surface area (Å²) in [4.78, 5) is 0. The number of ether oxygens (including phenoxy) is 1. The van der Waals surface area contributed by atoms with Crippen LogP contribution in [0.4, 0.5) is 11.4 Å². The summed E-state index contributed by atoms with van der Waals surface area (Å²) in [5.41, 5.74) is 6.21. The molecular formula is C10H14ClN3O3S. The second-order valence-electron chi connectivity index (χ2n) is 3.82. The van der Waals surface area contributed by atoms with Gasteiger partial charge in [-0.25, -0.2) is 0 Å². The van der Waals surface area contributed by atoms with Crippen LogP contribution in [-0.2, 0) is 14.9 Å². The van der Waals surface area contributed by atoms with Gasteiger partial charge in [-0.05, 0) is 12.1 Å². The van der Waals surface area contributed by atoms with Crippen molar-refractivity contribution in [2.24, 2.45) is 0 Å². The fourth-order valence-electron chi connectivity index (χ4n) is 1.63. The zero-order chi connectivity index (χ0) is 13.2. The van der Waals surface area contributed by atoms with Gasteiger partial charge in [0, 0.05) is 13.1 Å². The minimum absolute atomic E-state index is 0.214. The Bertz CT molecular complexity index is 509. The molecule has 1 aromatic carbocycles. The first-order chi connectivity index (χ1) is 8.50. The summed E-state index contributed by atoms with van der Waals surface area (Å²) >= 11 is 5.92. The number of nitrogens with one attached hydrogen (secondary N) is 1. The summed E-state index contributed by atoms with van der Waals surface area (Å²) in [7, 11) is -3.64. The van der Waals surface area contributed by atoms with Gasteiger partial charge in [-0.1, -0.05) is 17.7 Å². The van der Waals surface area contributed by atoms with E-state index in [1.54, 1.807) is 18.2 Å². The van der Waals surface area contributed by atoms with Gasteiger partial charge in [0.25, 0.3) is 0 Å². The molecule has 100 valence electrons. The minimum atomic E-state index is -3.64. The van der Waals surface area contributed by atoms with Crippen molar-refractivity contribution in [3.05, 3.63) is 23.2 Å². The van der Waals surface area contributed by atoms with E-state index < -0.39 is 10.2 Å². The zero-order valence-corrected chi connectivity index (χ0v) is 11.2. The number of nitrogens with two attached hydrogens (primary N) is 1. The lowest BCUT2D eigenvalue weighted by molar-refractivity contribution is 0.0733. The Labute approximate surface area is 111 Å². The lowest BCUT2D eigenvalue weighted by atomic mass is 10.3. The zero-order valence-electron chi connectivity index (χ0n) is 9.60. The molecule has 0 aromatic heterocycles. The molecule has 0 unspecified atom stereocenters. The molecule has 0 saturated carbocycles. The molecule has 8 heteroatoms. The summed E-state index contributed by atoms with van der Waals surface area (Å²) in [5.74, 6) is 0. The second-order valence-corrected chi connectivity index (χ2v) is 5.90. The number of hydrogen-bond acceptors (Lipinski definition) is 4. The fraction of sp³-hybridized carbons (Fsp3) is 0.400. The van der Waals surface area contributed by atoms with E-state index in [1.165, 1.54) is 4.31 Å². The first kappa shape index (κ1) is 13.4. The average Bonchev–Trinajstić information content (AvgIpc) is 2.35. The molecule has 1 aliphatic rings. The molecule has 1 aromatic rings. The third-order valence-corrected chi connectivity index (χ3v) is 4.41. The molecule has 6 nitrogen and oxygen atoms in total. The van der Waals surface area contributed by atoms with Crippen molar-refractivity contribution in [3.8, 4) is 0 Å². The van der Waals surface area contributed by atoms with E-state index in [2.05, 4.69) is 4.72 Å². The van der Waals surface area contributed by atoms with Gasteiger partial charge in [0.15, 0.2) is 0 Å². The Morgan fingerprint density at radius 2 is 2.00 bits per heavy atom. The quantitative estimate of drug-likeness (QED) is 0.811. The molecule has 0 atom stereocenters. The van der Waals surface area contributed by atoms with Gasteiger partial charge < -0.3 is 10.5 Å². The van der Waals surface area contributed by atoms with Gasteiger partial charge in [-0.2, -0.15) is 12.7 Å². The van der Waals surface area contributed by atoms with Crippen LogP contribution in [0.3, 0.4) is 0 Å². The third-order valence-electron chi connectivity index (χ3n) is 2.59. The van der Waals surface area contributed by atoms with Crippen molar-refractivity contribution >= 4 is 33.2 Å². The van der Waals surface area contributed by atoms with E-state index in [9.17, 15) is 8.42 Å². The maximum atomic E-state index is 12.1. The van der Waals surface area contributed by atoms with E-state index in [1.807, 2.05) is 0 Å². The molecular weight excluding hydrogens is 278 g/mol. The molecule has 1 saturated heterocycles. The van der Waals surface area contributed by atoms with Crippen LogP contribution in [0, 0.1) is 0 Å². The van der Waals surface area contributed by atoms with E-state index >= 15 is 0 Å². The summed E-state index contributed by atoms with van der Waals surface area (Å²) in [6.45, 7) is 1.41. The van der Waals surface area contributed by atoms with Crippen LogP contribution in [0.15, 0.2) is 18.2 Å². The van der Waals surface area contributed by atoms with Gasteiger partial charge in [-0.3, -0.25) is 4.72 Å². The smallest absolute Gasteiger partial charge is 0.301 e. The molecule has 1 fully saturated rings. The van der Waals surface area contributed by atoms with Crippen LogP contribution >= 0.6 is 11.6 Å². The van der Waals surface area contributed by atoms with Crippen molar-refractivity contribution in [3.63, 3.8) is 0 Å². The van der Waals surface area contributed by atoms with Gasteiger partial charge in [0.2, 0.25) is 0 Å². The highest BCUT2D eigenvalue weighted by molar-refractivity contribution is 7.90. The molecule has 3 N–H and O–H groups in total. The first-order valence-electron chi connectivity index (χ1n) is 5.40. The number of para-hydroxylation sites is 1. The lowest BCUT2D eigenvalue weighted by Crippen LogP contribution is -2.43. The molecule has 0 radical (unpaired) electrons. The van der Waals surface area contributed by atoms with E-state index in [0.717, 1.165) is 0 Å². The molecule has 18 heavy (non-hydrogen) atoms. The van der Waals surface area contributed by atoms with Gasteiger partial charge in [0.1, 0.15) is 0 Å².